The summed E-state index contributed by atoms with van der Waals surface area (Å²) in [5.41, 5.74) is -1.28. The molecular weight excluding hydrogens is 356 g/mol. The lowest BCUT2D eigenvalue weighted by Crippen LogP contribution is -2.58. The molecule has 2 aliphatic carbocycles. The van der Waals surface area contributed by atoms with Crippen LogP contribution in [-0.2, 0) is 19.1 Å². The monoisotopic (exact) mass is 390 g/mol. The maximum absolute atomic E-state index is 12.8. The van der Waals surface area contributed by atoms with Crippen molar-refractivity contribution in [3.63, 3.8) is 0 Å². The minimum Gasteiger partial charge on any atom is -0.431 e. The van der Waals surface area contributed by atoms with Crippen molar-refractivity contribution in [3.8, 4) is 0 Å². The van der Waals surface area contributed by atoms with Gasteiger partial charge in [0.1, 0.15) is 12.0 Å². The Morgan fingerprint density at radius 1 is 1.32 bits per heavy atom. The lowest BCUT2D eigenvalue weighted by atomic mass is 9.57. The van der Waals surface area contributed by atoms with Crippen molar-refractivity contribution in [2.75, 3.05) is 0 Å². The minimum absolute atomic E-state index is 0.0320. The van der Waals surface area contributed by atoms with Crippen LogP contribution in [0.15, 0.2) is 23.5 Å². The van der Waals surface area contributed by atoms with Crippen LogP contribution in [0.25, 0.3) is 0 Å². The van der Waals surface area contributed by atoms with Gasteiger partial charge in [-0.2, -0.15) is 0 Å². The van der Waals surface area contributed by atoms with Crippen LogP contribution in [0.4, 0.5) is 0 Å². The molecule has 1 saturated carbocycles. The van der Waals surface area contributed by atoms with Gasteiger partial charge in [0.05, 0.1) is 5.92 Å². The van der Waals surface area contributed by atoms with Crippen LogP contribution >= 0.6 is 0 Å². The number of aldehydes is 1. The first-order valence-electron chi connectivity index (χ1n) is 10.6. The molecule has 4 atom stereocenters. The summed E-state index contributed by atoms with van der Waals surface area (Å²) < 4.78 is 5.74. The normalized spacial score (nSPS) is 30.0. The summed E-state index contributed by atoms with van der Waals surface area (Å²) in [7, 11) is 0. The van der Waals surface area contributed by atoms with Gasteiger partial charge in [-0.05, 0) is 43.6 Å². The van der Waals surface area contributed by atoms with Crippen molar-refractivity contribution in [2.45, 2.75) is 84.2 Å². The topological polar surface area (TPSA) is 80.7 Å². The molecule has 156 valence electrons. The Morgan fingerprint density at radius 3 is 2.64 bits per heavy atom. The van der Waals surface area contributed by atoms with Gasteiger partial charge in [0.25, 0.3) is 0 Å². The molecule has 0 aliphatic heterocycles. The molecule has 28 heavy (non-hydrogen) atoms. The molecule has 5 nitrogen and oxygen atoms in total. The minimum atomic E-state index is -1.99. The highest BCUT2D eigenvalue weighted by atomic mass is 16.5. The van der Waals surface area contributed by atoms with Gasteiger partial charge in [-0.3, -0.25) is 14.4 Å². The number of hydrogen-bond donors (Lipinski definition) is 1. The molecule has 5 heteroatoms. The standard InChI is InChI=1S/C23H34O5/c1-5-6-7-8-9-10-20(26)28-22-15(2)11-12-18-16(3)13-19(25)23(27,21(18)22)17(4)14-24/h14,16,18,21,27H,4-13H2,1-3H3. The Labute approximate surface area is 168 Å². The average Bonchev–Trinajstić information content (AvgIpc) is 2.66. The van der Waals surface area contributed by atoms with Crippen molar-refractivity contribution in [2.24, 2.45) is 17.8 Å². The fraction of sp³-hybridized carbons (Fsp3) is 0.696. The zero-order chi connectivity index (χ0) is 20.9. The van der Waals surface area contributed by atoms with Crippen LogP contribution in [0.1, 0.15) is 78.6 Å². The summed E-state index contributed by atoms with van der Waals surface area (Å²) in [5, 5.41) is 11.3. The highest BCUT2D eigenvalue weighted by molar-refractivity contribution is 5.99. The van der Waals surface area contributed by atoms with Crippen molar-refractivity contribution in [1.29, 1.82) is 0 Å². The van der Waals surface area contributed by atoms with E-state index >= 15 is 0 Å². The van der Waals surface area contributed by atoms with E-state index < -0.39 is 17.3 Å². The number of rotatable bonds is 9. The molecule has 2 rings (SSSR count). The van der Waals surface area contributed by atoms with E-state index in [0.29, 0.717) is 18.5 Å². The lowest BCUT2D eigenvalue weighted by molar-refractivity contribution is -0.157. The van der Waals surface area contributed by atoms with Gasteiger partial charge in [-0.25, -0.2) is 0 Å². The van der Waals surface area contributed by atoms with Crippen molar-refractivity contribution >= 4 is 18.0 Å². The second-order valence-electron chi connectivity index (χ2n) is 8.48. The Hall–Kier alpha value is -1.75. The Kier molecular flexibility index (Phi) is 7.76. The third-order valence-corrected chi connectivity index (χ3v) is 6.44. The van der Waals surface area contributed by atoms with E-state index in [-0.39, 0.29) is 29.8 Å². The van der Waals surface area contributed by atoms with Gasteiger partial charge in [-0.15, -0.1) is 0 Å². The van der Waals surface area contributed by atoms with Crippen LogP contribution in [-0.4, -0.2) is 28.7 Å². The van der Waals surface area contributed by atoms with E-state index in [1.165, 1.54) is 0 Å². The molecule has 0 heterocycles. The Balaban J connectivity index is 2.23. The van der Waals surface area contributed by atoms with Gasteiger partial charge in [0, 0.05) is 18.4 Å². The molecule has 0 aromatic rings. The van der Waals surface area contributed by atoms with Gasteiger partial charge < -0.3 is 9.84 Å². The largest absolute Gasteiger partial charge is 0.431 e. The lowest BCUT2D eigenvalue weighted by Gasteiger charge is -2.49. The molecule has 4 unspecified atom stereocenters. The van der Waals surface area contributed by atoms with Gasteiger partial charge in [0.2, 0.25) is 0 Å². The van der Waals surface area contributed by atoms with Crippen molar-refractivity contribution in [3.05, 3.63) is 23.5 Å². The first-order chi connectivity index (χ1) is 13.3. The number of ether oxygens (including phenoxy) is 1. The zero-order valence-corrected chi connectivity index (χ0v) is 17.5. The molecule has 0 bridgehead atoms. The van der Waals surface area contributed by atoms with Gasteiger partial charge in [-0.1, -0.05) is 46.1 Å². The Morgan fingerprint density at radius 2 is 2.00 bits per heavy atom. The molecule has 1 fully saturated rings. The van der Waals surface area contributed by atoms with E-state index in [0.717, 1.165) is 50.5 Å². The molecule has 2 aliphatic rings. The highest BCUT2D eigenvalue weighted by Crippen LogP contribution is 2.51. The summed E-state index contributed by atoms with van der Waals surface area (Å²) in [4.78, 5) is 36.6. The number of allylic oxidation sites excluding steroid dienone is 1. The summed E-state index contributed by atoms with van der Waals surface area (Å²) >= 11 is 0. The van der Waals surface area contributed by atoms with Crippen LogP contribution in [0.2, 0.25) is 0 Å². The van der Waals surface area contributed by atoms with Crippen molar-refractivity contribution < 1.29 is 24.2 Å². The number of esters is 1. The zero-order valence-electron chi connectivity index (χ0n) is 17.5. The number of Topliss-reactive ketones (excluding diaryl/α,β-unsaturated/α-hetero) is 1. The first kappa shape index (κ1) is 22.5. The summed E-state index contributed by atoms with van der Waals surface area (Å²) in [5.74, 6) is -1.08. The molecule has 0 radical (unpaired) electrons. The third-order valence-electron chi connectivity index (χ3n) is 6.44. The number of hydrogen-bond acceptors (Lipinski definition) is 5. The fourth-order valence-electron chi connectivity index (χ4n) is 4.68. The van der Waals surface area contributed by atoms with Crippen LogP contribution < -0.4 is 0 Å². The predicted molar refractivity (Wildman–Crippen MR) is 107 cm³/mol. The second kappa shape index (κ2) is 9.64. The van der Waals surface area contributed by atoms with Crippen LogP contribution in [0.3, 0.4) is 0 Å². The number of fused-ring (bicyclic) bond motifs is 1. The second-order valence-corrected chi connectivity index (χ2v) is 8.48. The summed E-state index contributed by atoms with van der Waals surface area (Å²) in [6, 6.07) is 0. The van der Waals surface area contributed by atoms with E-state index in [4.69, 9.17) is 4.74 Å². The number of aliphatic hydroxyl groups is 1. The first-order valence-corrected chi connectivity index (χ1v) is 10.6. The number of unbranched alkanes of at least 4 members (excludes halogenated alkanes) is 4. The molecule has 0 aromatic carbocycles. The molecule has 0 amide bonds. The number of carbonyl (C=O) groups excluding carboxylic acids is 3. The van der Waals surface area contributed by atoms with E-state index in [1.807, 2.05) is 13.8 Å². The molecule has 1 N–H and O–H groups in total. The molecule has 0 aromatic heterocycles. The maximum atomic E-state index is 12.8. The van der Waals surface area contributed by atoms with E-state index in [1.54, 1.807) is 0 Å². The van der Waals surface area contributed by atoms with Gasteiger partial charge in [0.15, 0.2) is 11.4 Å². The summed E-state index contributed by atoms with van der Waals surface area (Å²) in [6.07, 6.45) is 7.64. The smallest absolute Gasteiger partial charge is 0.310 e. The van der Waals surface area contributed by atoms with Crippen LogP contribution in [0.5, 0.6) is 0 Å². The average molecular weight is 391 g/mol. The summed E-state index contributed by atoms with van der Waals surface area (Å²) in [6.45, 7) is 9.64. The number of carbonyl (C=O) groups is 3. The van der Waals surface area contributed by atoms with Crippen molar-refractivity contribution in [1.82, 2.24) is 0 Å². The highest BCUT2D eigenvalue weighted by Gasteiger charge is 2.57. The Bertz CT molecular complexity index is 662. The molecule has 0 spiro atoms. The van der Waals surface area contributed by atoms with Gasteiger partial charge >= 0.3 is 5.97 Å². The SMILES string of the molecule is C=C(C=O)C1(O)C(=O)CC(C)C2CCC(C)=C(OC(=O)CCCCCCC)C21. The van der Waals surface area contributed by atoms with E-state index in [2.05, 4.69) is 13.5 Å². The fourth-order valence-corrected chi connectivity index (χ4v) is 4.68. The van der Waals surface area contributed by atoms with Crippen LogP contribution in [0, 0.1) is 17.8 Å². The number of ketones is 1. The maximum Gasteiger partial charge on any atom is 0.310 e. The predicted octanol–water partition coefficient (Wildman–Crippen LogP) is 4.29. The quantitative estimate of drug-likeness (QED) is 0.275. The molecule has 0 saturated heterocycles. The molecular formula is C23H34O5. The van der Waals surface area contributed by atoms with E-state index in [9.17, 15) is 19.5 Å². The third kappa shape index (κ3) is 4.45.